The average molecular weight is 476 g/mol. The summed E-state index contributed by atoms with van der Waals surface area (Å²) in [5.41, 5.74) is 4.62. The van der Waals surface area contributed by atoms with Crippen LogP contribution in [0.5, 0.6) is 0 Å². The van der Waals surface area contributed by atoms with Crippen LogP contribution in [0.15, 0.2) is 115 Å². The van der Waals surface area contributed by atoms with Crippen molar-refractivity contribution in [2.24, 2.45) is 0 Å². The van der Waals surface area contributed by atoms with Crippen LogP contribution in [0.4, 0.5) is 5.69 Å². The minimum Gasteiger partial charge on any atom is -0.355 e. The van der Waals surface area contributed by atoms with E-state index >= 15 is 0 Å². The number of carbonyl (C=O) groups excluding carboxylic acids is 2. The molecule has 0 unspecified atom stereocenters. The smallest absolute Gasteiger partial charge is 0.251 e. The van der Waals surface area contributed by atoms with Crippen LogP contribution >= 0.6 is 0 Å². The van der Waals surface area contributed by atoms with Crippen molar-refractivity contribution in [3.05, 3.63) is 138 Å². The Bertz CT molecular complexity index is 1270. The number of nitrogens with zero attached hydrogens (tertiary/aromatic N) is 2. The van der Waals surface area contributed by atoms with Crippen molar-refractivity contribution in [1.82, 2.24) is 10.3 Å². The van der Waals surface area contributed by atoms with Crippen LogP contribution in [0.2, 0.25) is 0 Å². The van der Waals surface area contributed by atoms with E-state index in [4.69, 9.17) is 0 Å². The van der Waals surface area contributed by atoms with Gasteiger partial charge in [0.25, 0.3) is 5.91 Å². The van der Waals surface area contributed by atoms with Gasteiger partial charge < -0.3 is 10.2 Å². The number of nitrogens with one attached hydrogen (secondary N) is 1. The molecule has 0 spiro atoms. The zero-order valence-corrected chi connectivity index (χ0v) is 20.1. The molecule has 0 aliphatic heterocycles. The first-order valence-electron chi connectivity index (χ1n) is 12.0. The molecule has 1 aromatic heterocycles. The topological polar surface area (TPSA) is 62.3 Å². The maximum absolute atomic E-state index is 13.2. The van der Waals surface area contributed by atoms with Gasteiger partial charge >= 0.3 is 0 Å². The van der Waals surface area contributed by atoms with Gasteiger partial charge in [-0.2, -0.15) is 0 Å². The summed E-state index contributed by atoms with van der Waals surface area (Å²) < 4.78 is 0. The molecule has 4 aromatic rings. The SMILES string of the molecule is O=C(Cc1ccc(N(Cc2ccccc2)C(=O)/C=C/c2ccccc2)cc1)NCCc1ccccn1. The van der Waals surface area contributed by atoms with Crippen molar-refractivity contribution in [2.75, 3.05) is 11.4 Å². The fourth-order valence-corrected chi connectivity index (χ4v) is 3.80. The molecule has 3 aromatic carbocycles. The molecule has 0 aliphatic carbocycles. The Labute approximate surface area is 212 Å². The van der Waals surface area contributed by atoms with Crippen molar-refractivity contribution in [1.29, 1.82) is 0 Å². The Kier molecular flexibility index (Phi) is 8.76. The molecule has 36 heavy (non-hydrogen) atoms. The number of pyridine rings is 1. The van der Waals surface area contributed by atoms with Gasteiger partial charge in [-0.05, 0) is 47.0 Å². The molecular weight excluding hydrogens is 446 g/mol. The summed E-state index contributed by atoms with van der Waals surface area (Å²) in [5, 5.41) is 2.95. The highest BCUT2D eigenvalue weighted by Gasteiger charge is 2.14. The van der Waals surface area contributed by atoms with Crippen LogP contribution in [0.25, 0.3) is 6.08 Å². The molecule has 5 nitrogen and oxygen atoms in total. The summed E-state index contributed by atoms with van der Waals surface area (Å²) in [6, 6.07) is 33.0. The second-order valence-electron chi connectivity index (χ2n) is 8.42. The first-order valence-corrected chi connectivity index (χ1v) is 12.0. The van der Waals surface area contributed by atoms with Gasteiger partial charge in [0, 0.05) is 36.6 Å². The van der Waals surface area contributed by atoms with E-state index in [1.165, 1.54) is 0 Å². The highest BCUT2D eigenvalue weighted by atomic mass is 16.2. The predicted molar refractivity (Wildman–Crippen MR) is 144 cm³/mol. The van der Waals surface area contributed by atoms with Crippen LogP contribution in [-0.2, 0) is 29.0 Å². The summed E-state index contributed by atoms with van der Waals surface area (Å²) in [6.07, 6.45) is 6.15. The number of anilines is 1. The number of aromatic nitrogens is 1. The van der Waals surface area contributed by atoms with Crippen LogP contribution in [0.1, 0.15) is 22.4 Å². The Hall–Kier alpha value is -4.51. The summed E-state index contributed by atoms with van der Waals surface area (Å²) in [4.78, 5) is 31.6. The van der Waals surface area contributed by atoms with Crippen molar-refractivity contribution in [3.8, 4) is 0 Å². The van der Waals surface area contributed by atoms with Crippen molar-refractivity contribution in [2.45, 2.75) is 19.4 Å². The van der Waals surface area contributed by atoms with Gasteiger partial charge in [0.15, 0.2) is 0 Å². The van der Waals surface area contributed by atoms with E-state index < -0.39 is 0 Å². The lowest BCUT2D eigenvalue weighted by Gasteiger charge is -2.22. The molecule has 0 aliphatic rings. The normalized spacial score (nSPS) is 10.8. The van der Waals surface area contributed by atoms with Gasteiger partial charge in [-0.25, -0.2) is 0 Å². The zero-order chi connectivity index (χ0) is 25.0. The Morgan fingerprint density at radius 1 is 0.778 bits per heavy atom. The maximum Gasteiger partial charge on any atom is 0.251 e. The van der Waals surface area contributed by atoms with E-state index in [-0.39, 0.29) is 18.2 Å². The molecule has 2 amide bonds. The third kappa shape index (κ3) is 7.50. The number of hydrogen-bond acceptors (Lipinski definition) is 3. The van der Waals surface area contributed by atoms with Crippen LogP contribution in [0, 0.1) is 0 Å². The van der Waals surface area contributed by atoms with E-state index in [1.807, 2.05) is 109 Å². The molecule has 1 heterocycles. The van der Waals surface area contributed by atoms with Crippen LogP contribution in [0.3, 0.4) is 0 Å². The first kappa shape index (κ1) is 24.6. The highest BCUT2D eigenvalue weighted by molar-refractivity contribution is 6.03. The van der Waals surface area contributed by atoms with E-state index in [0.29, 0.717) is 19.5 Å². The molecule has 0 atom stereocenters. The fourth-order valence-electron chi connectivity index (χ4n) is 3.80. The molecule has 1 N–H and O–H groups in total. The summed E-state index contributed by atoms with van der Waals surface area (Å²) in [5.74, 6) is -0.149. The summed E-state index contributed by atoms with van der Waals surface area (Å²) in [6.45, 7) is 0.993. The third-order valence-electron chi connectivity index (χ3n) is 5.71. The van der Waals surface area contributed by atoms with E-state index in [9.17, 15) is 9.59 Å². The minimum absolute atomic E-state index is 0.0401. The molecule has 0 saturated carbocycles. The molecule has 4 rings (SSSR count). The number of amides is 2. The van der Waals surface area contributed by atoms with Gasteiger partial charge in [0.2, 0.25) is 5.91 Å². The first-order chi connectivity index (χ1) is 17.7. The second-order valence-corrected chi connectivity index (χ2v) is 8.42. The van der Waals surface area contributed by atoms with Gasteiger partial charge in [0.05, 0.1) is 13.0 Å². The number of hydrogen-bond donors (Lipinski definition) is 1. The van der Waals surface area contributed by atoms with E-state index in [2.05, 4.69) is 10.3 Å². The molecule has 5 heteroatoms. The standard InChI is InChI=1S/C31H29N3O2/c35-30(33-22-20-28-13-7-8-21-32-28)23-26-14-17-29(18-15-26)34(24-27-11-5-2-6-12-27)31(36)19-16-25-9-3-1-4-10-25/h1-19,21H,20,22-24H2,(H,33,35)/b19-16+. The third-order valence-corrected chi connectivity index (χ3v) is 5.71. The van der Waals surface area contributed by atoms with Gasteiger partial charge in [0.1, 0.15) is 0 Å². The summed E-state index contributed by atoms with van der Waals surface area (Å²) in [7, 11) is 0. The maximum atomic E-state index is 13.2. The minimum atomic E-state index is -0.109. The van der Waals surface area contributed by atoms with E-state index in [0.717, 1.165) is 28.1 Å². The Balaban J connectivity index is 1.40. The number of carbonyl (C=O) groups is 2. The lowest BCUT2D eigenvalue weighted by Crippen LogP contribution is -2.29. The van der Waals surface area contributed by atoms with Gasteiger partial charge in [-0.15, -0.1) is 0 Å². The molecule has 0 bridgehead atoms. The lowest BCUT2D eigenvalue weighted by molar-refractivity contribution is -0.120. The molecule has 0 saturated heterocycles. The van der Waals surface area contributed by atoms with Gasteiger partial charge in [-0.1, -0.05) is 78.9 Å². The molecule has 0 fully saturated rings. The van der Waals surface area contributed by atoms with Crippen LogP contribution in [-0.4, -0.2) is 23.3 Å². The van der Waals surface area contributed by atoms with Crippen molar-refractivity contribution in [3.63, 3.8) is 0 Å². The lowest BCUT2D eigenvalue weighted by atomic mass is 10.1. The average Bonchev–Trinajstić information content (AvgIpc) is 2.93. The number of rotatable bonds is 10. The van der Waals surface area contributed by atoms with Gasteiger partial charge in [-0.3, -0.25) is 14.6 Å². The Morgan fingerprint density at radius 3 is 2.17 bits per heavy atom. The monoisotopic (exact) mass is 475 g/mol. The van der Waals surface area contributed by atoms with Crippen molar-refractivity contribution >= 4 is 23.6 Å². The zero-order valence-electron chi connectivity index (χ0n) is 20.1. The Morgan fingerprint density at radius 2 is 1.47 bits per heavy atom. The highest BCUT2D eigenvalue weighted by Crippen LogP contribution is 2.20. The fraction of sp³-hybridized carbons (Fsp3) is 0.129. The number of benzene rings is 3. The molecule has 0 radical (unpaired) electrons. The van der Waals surface area contributed by atoms with Crippen molar-refractivity contribution < 1.29 is 9.59 Å². The second kappa shape index (κ2) is 12.8. The van der Waals surface area contributed by atoms with E-state index in [1.54, 1.807) is 17.2 Å². The van der Waals surface area contributed by atoms with Crippen LogP contribution < -0.4 is 10.2 Å². The predicted octanol–water partition coefficient (Wildman–Crippen LogP) is 5.23. The summed E-state index contributed by atoms with van der Waals surface area (Å²) >= 11 is 0. The molecular formula is C31H29N3O2. The largest absolute Gasteiger partial charge is 0.355 e. The quantitative estimate of drug-likeness (QED) is 0.320. The molecule has 180 valence electrons.